The van der Waals surface area contributed by atoms with E-state index >= 15 is 0 Å². The number of rotatable bonds is 8. The van der Waals surface area contributed by atoms with Crippen molar-refractivity contribution >= 4 is 41.3 Å². The first kappa shape index (κ1) is 22.9. The lowest BCUT2D eigenvalue weighted by molar-refractivity contribution is 0.402. The van der Waals surface area contributed by atoms with Crippen LogP contribution in [-0.4, -0.2) is 38.0 Å². The molecule has 6 heteroatoms. The Morgan fingerprint density at radius 1 is 1.12 bits per heavy atom. The van der Waals surface area contributed by atoms with E-state index in [9.17, 15) is 0 Å². The zero-order chi connectivity index (χ0) is 18.1. The molecule has 1 unspecified atom stereocenters. The monoisotopic (exact) mass is 486 g/mol. The van der Waals surface area contributed by atoms with Crippen LogP contribution < -0.4 is 10.6 Å². The number of thiophene rings is 1. The molecule has 0 spiro atoms. The minimum Gasteiger partial charge on any atom is -0.357 e. The highest BCUT2D eigenvalue weighted by Gasteiger charge is 2.07. The van der Waals surface area contributed by atoms with Gasteiger partial charge in [-0.25, -0.2) is 4.99 Å². The van der Waals surface area contributed by atoms with Gasteiger partial charge in [-0.05, 0) is 43.6 Å². The van der Waals surface area contributed by atoms with Gasteiger partial charge in [-0.2, -0.15) is 0 Å². The van der Waals surface area contributed by atoms with Crippen molar-refractivity contribution in [3.63, 3.8) is 0 Å². The zero-order valence-electron chi connectivity index (χ0n) is 16.2. The molecule has 1 atom stereocenters. The molecule has 1 aromatic carbocycles. The molecule has 144 valence electrons. The normalized spacial score (nSPS) is 12.6. The highest BCUT2D eigenvalue weighted by atomic mass is 127. The summed E-state index contributed by atoms with van der Waals surface area (Å²) in [5.74, 6) is 1.36. The fourth-order valence-electron chi connectivity index (χ4n) is 2.55. The molecule has 0 saturated heterocycles. The minimum absolute atomic E-state index is 0. The lowest BCUT2D eigenvalue weighted by Crippen LogP contribution is -2.39. The number of guanidine groups is 1. The predicted octanol–water partition coefficient (Wildman–Crippen LogP) is 4.29. The second-order valence-corrected chi connectivity index (χ2v) is 7.53. The number of benzene rings is 1. The van der Waals surface area contributed by atoms with E-state index in [0.29, 0.717) is 12.5 Å². The summed E-state index contributed by atoms with van der Waals surface area (Å²) in [5, 5.41) is 8.91. The minimum atomic E-state index is 0. The second-order valence-electron chi connectivity index (χ2n) is 6.55. The third kappa shape index (κ3) is 8.05. The maximum absolute atomic E-state index is 4.72. The topological polar surface area (TPSA) is 39.7 Å². The number of nitrogens with one attached hydrogen (secondary N) is 2. The molecule has 1 aromatic heterocycles. The van der Waals surface area contributed by atoms with E-state index < -0.39 is 0 Å². The highest BCUT2D eigenvalue weighted by molar-refractivity contribution is 14.0. The Morgan fingerprint density at radius 3 is 2.38 bits per heavy atom. The van der Waals surface area contributed by atoms with Crippen molar-refractivity contribution in [1.29, 1.82) is 0 Å². The van der Waals surface area contributed by atoms with Crippen LogP contribution in [0.2, 0.25) is 0 Å². The molecule has 0 aliphatic rings. The Hall–Kier alpha value is -1.12. The highest BCUT2D eigenvalue weighted by Crippen LogP contribution is 2.19. The number of hydrogen-bond donors (Lipinski definition) is 2. The molecule has 0 bridgehead atoms. The van der Waals surface area contributed by atoms with Gasteiger partial charge in [-0.1, -0.05) is 37.3 Å². The van der Waals surface area contributed by atoms with Gasteiger partial charge < -0.3 is 15.5 Å². The Labute approximate surface area is 179 Å². The lowest BCUT2D eigenvalue weighted by Gasteiger charge is -2.15. The van der Waals surface area contributed by atoms with Crippen LogP contribution in [0.15, 0.2) is 46.8 Å². The Bertz CT molecular complexity index is 638. The Morgan fingerprint density at radius 2 is 1.81 bits per heavy atom. The summed E-state index contributed by atoms with van der Waals surface area (Å²) >= 11 is 1.81. The molecule has 0 aliphatic carbocycles. The summed E-state index contributed by atoms with van der Waals surface area (Å²) in [6.07, 6.45) is 0. The first-order chi connectivity index (χ1) is 12.1. The van der Waals surface area contributed by atoms with Gasteiger partial charge in [0.25, 0.3) is 0 Å². The first-order valence-corrected chi connectivity index (χ1v) is 9.74. The molecule has 0 saturated carbocycles. The largest absolute Gasteiger partial charge is 0.357 e. The van der Waals surface area contributed by atoms with Crippen LogP contribution in [-0.2, 0) is 13.1 Å². The molecular weight excluding hydrogens is 455 g/mol. The van der Waals surface area contributed by atoms with Crippen molar-refractivity contribution < 1.29 is 0 Å². The summed E-state index contributed by atoms with van der Waals surface area (Å²) in [5.41, 5.74) is 2.55. The quantitative estimate of drug-likeness (QED) is 0.332. The van der Waals surface area contributed by atoms with Crippen LogP contribution in [0.3, 0.4) is 0 Å². The predicted molar refractivity (Wildman–Crippen MR) is 125 cm³/mol. The van der Waals surface area contributed by atoms with Crippen LogP contribution in [0.5, 0.6) is 0 Å². The average Bonchev–Trinajstić information content (AvgIpc) is 3.12. The van der Waals surface area contributed by atoms with Gasteiger partial charge in [0.2, 0.25) is 0 Å². The van der Waals surface area contributed by atoms with E-state index in [-0.39, 0.29) is 24.0 Å². The number of nitrogens with zero attached hydrogens (tertiary/aromatic N) is 2. The van der Waals surface area contributed by atoms with E-state index in [4.69, 9.17) is 4.99 Å². The standard InChI is InChI=1S/C20H30N4S.HI/c1-5-21-20(22-13-16(2)19-7-6-12-25-19)23-14-17-8-10-18(11-9-17)15-24(3)4;/h6-12,16H,5,13-15H2,1-4H3,(H2,21,22,23);1H. The van der Waals surface area contributed by atoms with E-state index in [1.807, 2.05) is 11.3 Å². The third-order valence-corrected chi connectivity index (χ3v) is 4.99. The maximum Gasteiger partial charge on any atom is 0.191 e. The summed E-state index contributed by atoms with van der Waals surface area (Å²) < 4.78 is 0. The van der Waals surface area contributed by atoms with Gasteiger partial charge >= 0.3 is 0 Å². The zero-order valence-corrected chi connectivity index (χ0v) is 19.3. The van der Waals surface area contributed by atoms with Crippen molar-refractivity contribution in [3.05, 3.63) is 57.8 Å². The van der Waals surface area contributed by atoms with E-state index in [1.54, 1.807) is 0 Å². The van der Waals surface area contributed by atoms with E-state index in [1.165, 1.54) is 16.0 Å². The van der Waals surface area contributed by atoms with Gasteiger partial charge in [0.05, 0.1) is 6.54 Å². The molecule has 1 heterocycles. The Balaban J connectivity index is 0.00000338. The summed E-state index contributed by atoms with van der Waals surface area (Å²) in [4.78, 5) is 8.29. The van der Waals surface area contributed by atoms with Gasteiger partial charge in [-0.15, -0.1) is 35.3 Å². The van der Waals surface area contributed by atoms with E-state index in [2.05, 4.69) is 85.3 Å². The van der Waals surface area contributed by atoms with Gasteiger partial charge in [-0.3, -0.25) is 0 Å². The SMILES string of the molecule is CCNC(=NCc1ccc(CN(C)C)cc1)NCC(C)c1cccs1.I. The van der Waals surface area contributed by atoms with Crippen LogP contribution in [0.4, 0.5) is 0 Å². The van der Waals surface area contributed by atoms with Gasteiger partial charge in [0.1, 0.15) is 0 Å². The molecule has 4 nitrogen and oxygen atoms in total. The van der Waals surface area contributed by atoms with Crippen LogP contribution in [0.25, 0.3) is 0 Å². The molecule has 2 aromatic rings. The molecule has 2 N–H and O–H groups in total. The van der Waals surface area contributed by atoms with Crippen LogP contribution in [0.1, 0.15) is 35.8 Å². The molecule has 26 heavy (non-hydrogen) atoms. The maximum atomic E-state index is 4.72. The number of hydrogen-bond acceptors (Lipinski definition) is 3. The fourth-order valence-corrected chi connectivity index (χ4v) is 3.34. The van der Waals surface area contributed by atoms with Crippen molar-refractivity contribution in [2.45, 2.75) is 32.9 Å². The number of aliphatic imine (C=N–C) groups is 1. The van der Waals surface area contributed by atoms with Crippen molar-refractivity contribution in [1.82, 2.24) is 15.5 Å². The molecule has 2 rings (SSSR count). The summed E-state index contributed by atoms with van der Waals surface area (Å²) in [6.45, 7) is 7.73. The van der Waals surface area contributed by atoms with E-state index in [0.717, 1.165) is 25.6 Å². The third-order valence-electron chi connectivity index (χ3n) is 3.89. The average molecular weight is 486 g/mol. The smallest absolute Gasteiger partial charge is 0.191 e. The molecule has 0 radical (unpaired) electrons. The van der Waals surface area contributed by atoms with Gasteiger partial charge in [0.15, 0.2) is 5.96 Å². The second kappa shape index (κ2) is 12.3. The Kier molecular flexibility index (Phi) is 10.8. The summed E-state index contributed by atoms with van der Waals surface area (Å²) in [7, 11) is 4.17. The molecular formula is C20H31IN4S. The van der Waals surface area contributed by atoms with Crippen molar-refractivity contribution in [2.24, 2.45) is 4.99 Å². The lowest BCUT2D eigenvalue weighted by atomic mass is 10.1. The van der Waals surface area contributed by atoms with Crippen molar-refractivity contribution in [2.75, 3.05) is 27.2 Å². The number of halogens is 1. The molecule has 0 amide bonds. The summed E-state index contributed by atoms with van der Waals surface area (Å²) in [6, 6.07) is 13.0. The fraction of sp³-hybridized carbons (Fsp3) is 0.450. The van der Waals surface area contributed by atoms with Crippen molar-refractivity contribution in [3.8, 4) is 0 Å². The molecule has 0 fully saturated rings. The van der Waals surface area contributed by atoms with Crippen LogP contribution in [0, 0.1) is 0 Å². The molecule has 0 aliphatic heterocycles. The van der Waals surface area contributed by atoms with Gasteiger partial charge in [0, 0.05) is 30.4 Å². The van der Waals surface area contributed by atoms with Crippen LogP contribution >= 0.6 is 35.3 Å². The first-order valence-electron chi connectivity index (χ1n) is 8.86.